The highest BCUT2D eigenvalue weighted by molar-refractivity contribution is 6.38. The van der Waals surface area contributed by atoms with Crippen LogP contribution in [0.2, 0.25) is 10.0 Å². The SMILES string of the molecule is CN(Cc1c(Cl)ccc(C(=O)c2c(C3CC3)[nH]n(C)c2=O)c1Cl)C1CC1. The minimum Gasteiger partial charge on any atom is -0.299 e. The van der Waals surface area contributed by atoms with Gasteiger partial charge in [0.2, 0.25) is 5.78 Å². The fraction of sp³-hybridized carbons (Fsp3) is 0.474. The molecule has 2 fully saturated rings. The summed E-state index contributed by atoms with van der Waals surface area (Å²) in [6.07, 6.45) is 4.33. The first-order valence-corrected chi connectivity index (χ1v) is 9.64. The number of aryl methyl sites for hydroxylation is 1. The number of carbonyl (C=O) groups is 1. The van der Waals surface area contributed by atoms with E-state index in [1.807, 2.05) is 7.05 Å². The molecule has 0 spiro atoms. The van der Waals surface area contributed by atoms with Gasteiger partial charge in [-0.3, -0.25) is 24.3 Å². The standard InChI is InChI=1S/C19H21Cl2N3O2/c1-23(11-5-6-11)9-13-14(20)8-7-12(16(13)21)18(25)15-17(10-3-4-10)22-24(2)19(15)26/h7-8,10-11,22H,3-6,9H2,1-2H3. The van der Waals surface area contributed by atoms with E-state index in [2.05, 4.69) is 10.00 Å². The molecule has 2 aliphatic rings. The fourth-order valence-corrected chi connectivity index (χ4v) is 3.98. The maximum Gasteiger partial charge on any atom is 0.277 e. The van der Waals surface area contributed by atoms with Gasteiger partial charge in [-0.1, -0.05) is 23.2 Å². The molecule has 0 atom stereocenters. The van der Waals surface area contributed by atoms with Gasteiger partial charge in [-0.2, -0.15) is 0 Å². The number of benzene rings is 1. The van der Waals surface area contributed by atoms with Crippen molar-refractivity contribution in [1.29, 1.82) is 0 Å². The Balaban J connectivity index is 1.74. The van der Waals surface area contributed by atoms with Crippen molar-refractivity contribution >= 4 is 29.0 Å². The van der Waals surface area contributed by atoms with Gasteiger partial charge in [0, 0.05) is 41.7 Å². The number of rotatable bonds is 6. The molecule has 0 radical (unpaired) electrons. The third-order valence-corrected chi connectivity index (χ3v) is 6.08. The highest BCUT2D eigenvalue weighted by Gasteiger charge is 2.34. The van der Waals surface area contributed by atoms with Gasteiger partial charge in [-0.25, -0.2) is 0 Å². The molecule has 1 heterocycles. The van der Waals surface area contributed by atoms with Crippen LogP contribution in [0.3, 0.4) is 0 Å². The molecule has 2 saturated carbocycles. The Bertz CT molecular complexity index is 939. The van der Waals surface area contributed by atoms with Gasteiger partial charge in [0.05, 0.1) is 10.7 Å². The Morgan fingerprint density at radius 2 is 1.96 bits per heavy atom. The molecule has 2 aliphatic carbocycles. The van der Waals surface area contributed by atoms with Crippen LogP contribution in [0.25, 0.3) is 0 Å². The summed E-state index contributed by atoms with van der Waals surface area (Å²) in [5.74, 6) is -0.0693. The summed E-state index contributed by atoms with van der Waals surface area (Å²) in [4.78, 5) is 27.9. The molecule has 0 saturated heterocycles. The van der Waals surface area contributed by atoms with Crippen LogP contribution >= 0.6 is 23.2 Å². The summed E-state index contributed by atoms with van der Waals surface area (Å²) in [6.45, 7) is 0.587. The maximum absolute atomic E-state index is 13.2. The number of hydrogen-bond donors (Lipinski definition) is 1. The van der Waals surface area contributed by atoms with E-state index in [1.165, 1.54) is 17.5 Å². The summed E-state index contributed by atoms with van der Waals surface area (Å²) in [5.41, 5.74) is 1.72. The van der Waals surface area contributed by atoms with Gasteiger partial charge in [0.25, 0.3) is 5.56 Å². The minimum atomic E-state index is -0.328. The maximum atomic E-state index is 13.2. The predicted molar refractivity (Wildman–Crippen MR) is 102 cm³/mol. The lowest BCUT2D eigenvalue weighted by Gasteiger charge is -2.18. The van der Waals surface area contributed by atoms with E-state index in [0.29, 0.717) is 28.2 Å². The molecule has 1 N–H and O–H groups in total. The highest BCUT2D eigenvalue weighted by Crippen LogP contribution is 2.41. The number of hydrogen-bond acceptors (Lipinski definition) is 3. The molecule has 4 rings (SSSR count). The Morgan fingerprint density at radius 1 is 1.27 bits per heavy atom. The van der Waals surface area contributed by atoms with Crippen LogP contribution in [0.1, 0.15) is 58.8 Å². The largest absolute Gasteiger partial charge is 0.299 e. The Labute approximate surface area is 161 Å². The molecule has 26 heavy (non-hydrogen) atoms. The van der Waals surface area contributed by atoms with Crippen molar-refractivity contribution in [3.63, 3.8) is 0 Å². The van der Waals surface area contributed by atoms with E-state index in [1.54, 1.807) is 19.2 Å². The van der Waals surface area contributed by atoms with Gasteiger partial charge < -0.3 is 0 Å². The topological polar surface area (TPSA) is 58.1 Å². The van der Waals surface area contributed by atoms with Crippen molar-refractivity contribution in [1.82, 2.24) is 14.7 Å². The summed E-state index contributed by atoms with van der Waals surface area (Å²) in [6, 6.07) is 3.88. The van der Waals surface area contributed by atoms with Crippen LogP contribution in [0.15, 0.2) is 16.9 Å². The van der Waals surface area contributed by atoms with Crippen molar-refractivity contribution in [2.75, 3.05) is 7.05 Å². The van der Waals surface area contributed by atoms with Crippen LogP contribution in [-0.4, -0.2) is 33.6 Å². The van der Waals surface area contributed by atoms with Gasteiger partial charge >= 0.3 is 0 Å². The van der Waals surface area contributed by atoms with Gasteiger partial charge in [0.1, 0.15) is 5.56 Å². The number of nitrogens with zero attached hydrogens (tertiary/aromatic N) is 2. The zero-order chi connectivity index (χ0) is 18.6. The first-order valence-electron chi connectivity index (χ1n) is 8.89. The van der Waals surface area contributed by atoms with E-state index >= 15 is 0 Å². The smallest absolute Gasteiger partial charge is 0.277 e. The van der Waals surface area contributed by atoms with Crippen molar-refractivity contribution in [2.24, 2.45) is 7.05 Å². The zero-order valence-corrected chi connectivity index (χ0v) is 16.3. The molecular weight excluding hydrogens is 373 g/mol. The normalized spacial score (nSPS) is 17.1. The highest BCUT2D eigenvalue weighted by atomic mass is 35.5. The van der Waals surface area contributed by atoms with E-state index in [0.717, 1.165) is 24.1 Å². The molecule has 1 aromatic heterocycles. The molecule has 0 unspecified atom stereocenters. The van der Waals surface area contributed by atoms with Crippen LogP contribution in [0.5, 0.6) is 0 Å². The monoisotopic (exact) mass is 393 g/mol. The van der Waals surface area contributed by atoms with Crippen LogP contribution < -0.4 is 5.56 Å². The summed E-state index contributed by atoms with van der Waals surface area (Å²) in [7, 11) is 3.66. The van der Waals surface area contributed by atoms with Gasteiger partial charge in [0.15, 0.2) is 0 Å². The lowest BCUT2D eigenvalue weighted by atomic mass is 9.99. The van der Waals surface area contributed by atoms with Gasteiger partial charge in [-0.15, -0.1) is 0 Å². The van der Waals surface area contributed by atoms with E-state index in [-0.39, 0.29) is 22.8 Å². The third-order valence-electron chi connectivity index (χ3n) is 5.30. The summed E-state index contributed by atoms with van der Waals surface area (Å²) in [5, 5.41) is 3.92. The van der Waals surface area contributed by atoms with Gasteiger partial charge in [-0.05, 0) is 44.9 Å². The van der Waals surface area contributed by atoms with E-state index in [9.17, 15) is 9.59 Å². The van der Waals surface area contributed by atoms with E-state index < -0.39 is 0 Å². The number of H-pyrrole nitrogens is 1. The first-order chi connectivity index (χ1) is 12.4. The number of halogens is 2. The molecule has 7 heteroatoms. The molecule has 0 aliphatic heterocycles. The van der Waals surface area contributed by atoms with Crippen molar-refractivity contribution in [2.45, 2.75) is 44.2 Å². The first kappa shape index (κ1) is 17.8. The second-order valence-corrected chi connectivity index (χ2v) is 8.19. The van der Waals surface area contributed by atoms with Crippen LogP contribution in [0.4, 0.5) is 0 Å². The fourth-order valence-electron chi connectivity index (χ4n) is 3.40. The summed E-state index contributed by atoms with van der Waals surface area (Å²) >= 11 is 12.9. The van der Waals surface area contributed by atoms with E-state index in [4.69, 9.17) is 23.2 Å². The third kappa shape index (κ3) is 3.13. The van der Waals surface area contributed by atoms with Crippen LogP contribution in [0, 0.1) is 0 Å². The molecule has 5 nitrogen and oxygen atoms in total. The van der Waals surface area contributed by atoms with Crippen molar-refractivity contribution in [3.05, 3.63) is 54.9 Å². The summed E-state index contributed by atoms with van der Waals surface area (Å²) < 4.78 is 1.37. The lowest BCUT2D eigenvalue weighted by molar-refractivity contribution is 0.103. The number of aromatic amines is 1. The zero-order valence-electron chi connectivity index (χ0n) is 14.8. The Kier molecular flexibility index (Phi) is 4.49. The average Bonchev–Trinajstić information content (AvgIpc) is 3.49. The number of ketones is 1. The molecule has 0 amide bonds. The second-order valence-electron chi connectivity index (χ2n) is 7.40. The second kappa shape index (κ2) is 6.55. The predicted octanol–water partition coefficient (Wildman–Crippen LogP) is 3.72. The van der Waals surface area contributed by atoms with Crippen molar-refractivity contribution in [3.8, 4) is 0 Å². The number of carbonyl (C=O) groups excluding carboxylic acids is 1. The Morgan fingerprint density at radius 3 is 2.58 bits per heavy atom. The lowest BCUT2D eigenvalue weighted by Crippen LogP contribution is -2.22. The molecule has 0 bridgehead atoms. The molecular formula is C19H21Cl2N3O2. The molecule has 2 aromatic rings. The Hall–Kier alpha value is -1.56. The molecule has 1 aromatic carbocycles. The number of aromatic nitrogens is 2. The van der Waals surface area contributed by atoms with Crippen molar-refractivity contribution < 1.29 is 4.79 Å². The average molecular weight is 394 g/mol. The quantitative estimate of drug-likeness (QED) is 0.760. The molecule has 138 valence electrons. The minimum absolute atomic E-state index is 0.209. The van der Waals surface area contributed by atoms with Crippen LogP contribution in [-0.2, 0) is 13.6 Å². The number of nitrogens with one attached hydrogen (secondary N) is 1.